The van der Waals surface area contributed by atoms with Gasteiger partial charge in [0.25, 0.3) is 0 Å². The Morgan fingerprint density at radius 1 is 1.23 bits per heavy atom. The molecule has 1 amide bonds. The van der Waals surface area contributed by atoms with Gasteiger partial charge in [-0.25, -0.2) is 19.2 Å². The zero-order chi connectivity index (χ0) is 20.8. The van der Waals surface area contributed by atoms with Gasteiger partial charge in [-0.05, 0) is 37.8 Å². The molecule has 9 nitrogen and oxygen atoms in total. The summed E-state index contributed by atoms with van der Waals surface area (Å²) in [6.07, 6.45) is 5.94. The number of carbonyl (C=O) groups is 1. The van der Waals surface area contributed by atoms with E-state index in [1.54, 1.807) is 28.4 Å². The number of fused-ring (bicyclic) bond motifs is 2. The van der Waals surface area contributed by atoms with Crippen LogP contribution in [-0.4, -0.2) is 42.0 Å². The summed E-state index contributed by atoms with van der Waals surface area (Å²) in [5.41, 5.74) is 1.95. The average Bonchev–Trinajstić information content (AvgIpc) is 3.32. The molecule has 30 heavy (non-hydrogen) atoms. The predicted molar refractivity (Wildman–Crippen MR) is 108 cm³/mol. The van der Waals surface area contributed by atoms with Crippen LogP contribution in [0.5, 0.6) is 0 Å². The Bertz CT molecular complexity index is 1310. The molecule has 3 aromatic heterocycles. The molecule has 4 aromatic rings. The highest BCUT2D eigenvalue weighted by atomic mass is 19.1. The molecule has 154 valence electrons. The van der Waals surface area contributed by atoms with Crippen LogP contribution < -0.4 is 11.0 Å². The smallest absolute Gasteiger partial charge is 0.327 e. The third kappa shape index (κ3) is 2.95. The summed E-state index contributed by atoms with van der Waals surface area (Å²) in [5, 5.41) is 2.70. The van der Waals surface area contributed by atoms with Gasteiger partial charge in [0.15, 0.2) is 5.65 Å². The Kier molecular flexibility index (Phi) is 4.34. The number of carbonyl (C=O) groups excluding carboxylic acids is 1. The third-order valence-corrected chi connectivity index (χ3v) is 5.85. The lowest BCUT2D eigenvalue weighted by Gasteiger charge is -2.27. The zero-order valence-corrected chi connectivity index (χ0v) is 16.3. The first-order valence-electron chi connectivity index (χ1n) is 9.87. The fraction of sp³-hybridized carbons (Fsp3) is 0.350. The molecule has 5 rings (SSSR count). The average molecular weight is 409 g/mol. The topological polar surface area (TPSA) is 110 Å². The predicted octanol–water partition coefficient (Wildman–Crippen LogP) is 2.07. The number of rotatable bonds is 3. The van der Waals surface area contributed by atoms with Gasteiger partial charge in [-0.3, -0.25) is 13.9 Å². The van der Waals surface area contributed by atoms with Gasteiger partial charge >= 0.3 is 5.69 Å². The van der Waals surface area contributed by atoms with E-state index in [-0.39, 0.29) is 29.4 Å². The maximum Gasteiger partial charge on any atom is 0.327 e. The number of hydrogen-bond acceptors (Lipinski definition) is 5. The number of aromatic nitrogens is 6. The van der Waals surface area contributed by atoms with Gasteiger partial charge in [0.1, 0.15) is 17.7 Å². The van der Waals surface area contributed by atoms with Crippen molar-refractivity contribution in [3.63, 3.8) is 0 Å². The highest BCUT2D eigenvalue weighted by Crippen LogP contribution is 2.33. The van der Waals surface area contributed by atoms with Crippen molar-refractivity contribution in [2.24, 2.45) is 5.92 Å². The maximum absolute atomic E-state index is 13.7. The molecule has 1 fully saturated rings. The Balaban J connectivity index is 1.54. The van der Waals surface area contributed by atoms with E-state index in [0.29, 0.717) is 53.8 Å². The van der Waals surface area contributed by atoms with Crippen molar-refractivity contribution in [3.05, 3.63) is 47.0 Å². The van der Waals surface area contributed by atoms with Crippen molar-refractivity contribution in [2.45, 2.75) is 31.7 Å². The molecular formula is C20H20FN7O2. The first-order valence-corrected chi connectivity index (χ1v) is 9.87. The molecule has 10 heteroatoms. The van der Waals surface area contributed by atoms with Crippen LogP contribution >= 0.6 is 0 Å². The van der Waals surface area contributed by atoms with Gasteiger partial charge in [0.05, 0.1) is 17.2 Å². The lowest BCUT2D eigenvalue weighted by atomic mass is 9.85. The van der Waals surface area contributed by atoms with Crippen LogP contribution in [-0.2, 0) is 4.79 Å². The van der Waals surface area contributed by atoms with Crippen LogP contribution in [0.25, 0.3) is 28.1 Å². The molecule has 3 heterocycles. The van der Waals surface area contributed by atoms with Crippen molar-refractivity contribution in [2.75, 3.05) is 7.05 Å². The molecule has 1 aliphatic rings. The van der Waals surface area contributed by atoms with E-state index < -0.39 is 0 Å². The largest absolute Gasteiger partial charge is 0.359 e. The van der Waals surface area contributed by atoms with Gasteiger partial charge in [-0.2, -0.15) is 4.98 Å². The van der Waals surface area contributed by atoms with Crippen LogP contribution in [0.1, 0.15) is 31.7 Å². The van der Waals surface area contributed by atoms with Gasteiger partial charge in [-0.1, -0.05) is 0 Å². The van der Waals surface area contributed by atoms with Gasteiger partial charge in [-0.15, -0.1) is 0 Å². The normalized spacial score (nSPS) is 19.4. The number of nitrogens with zero attached hydrogens (tertiary/aromatic N) is 5. The summed E-state index contributed by atoms with van der Waals surface area (Å²) in [4.78, 5) is 40.6. The van der Waals surface area contributed by atoms with E-state index in [0.717, 1.165) is 0 Å². The number of benzene rings is 1. The Labute approximate surface area is 170 Å². The zero-order valence-electron chi connectivity index (χ0n) is 16.3. The lowest BCUT2D eigenvalue weighted by Crippen LogP contribution is -2.33. The summed E-state index contributed by atoms with van der Waals surface area (Å²) in [7, 11) is 1.64. The van der Waals surface area contributed by atoms with E-state index in [1.165, 1.54) is 18.5 Å². The summed E-state index contributed by atoms with van der Waals surface area (Å²) in [5.74, 6) is -0.0488. The molecule has 1 aliphatic carbocycles. The highest BCUT2D eigenvalue weighted by Gasteiger charge is 2.29. The molecule has 0 radical (unpaired) electrons. The number of H-pyrrole nitrogens is 1. The van der Waals surface area contributed by atoms with Crippen molar-refractivity contribution in [1.82, 2.24) is 34.4 Å². The highest BCUT2D eigenvalue weighted by molar-refractivity contribution is 5.78. The van der Waals surface area contributed by atoms with E-state index in [9.17, 15) is 14.0 Å². The van der Waals surface area contributed by atoms with E-state index >= 15 is 0 Å². The standard InChI is InChI=1S/C20H20FN7O2/c1-22-18(29)11-2-5-13(6-3-11)28-17-15(25-20(28)30)9-23-19(26-17)27-10-24-14-7-4-12(21)8-16(14)27/h4,7-11,13H,2-3,5-6H2,1H3,(H,22,29)(H,25,30)/t11-,13-. The Hall–Kier alpha value is -3.56. The number of aromatic amines is 1. The summed E-state index contributed by atoms with van der Waals surface area (Å²) >= 11 is 0. The molecule has 0 saturated heterocycles. The molecule has 1 saturated carbocycles. The van der Waals surface area contributed by atoms with Crippen LogP contribution in [0.15, 0.2) is 35.5 Å². The van der Waals surface area contributed by atoms with Gasteiger partial charge in [0, 0.05) is 25.1 Å². The molecule has 0 aliphatic heterocycles. The third-order valence-electron chi connectivity index (χ3n) is 5.85. The quantitative estimate of drug-likeness (QED) is 0.538. The van der Waals surface area contributed by atoms with Crippen molar-refractivity contribution < 1.29 is 9.18 Å². The van der Waals surface area contributed by atoms with Crippen molar-refractivity contribution >= 4 is 28.1 Å². The second kappa shape index (κ2) is 7.05. The second-order valence-electron chi connectivity index (χ2n) is 7.57. The van der Waals surface area contributed by atoms with Gasteiger partial charge < -0.3 is 10.3 Å². The molecule has 2 N–H and O–H groups in total. The minimum Gasteiger partial charge on any atom is -0.359 e. The summed E-state index contributed by atoms with van der Waals surface area (Å²) in [6, 6.07) is 4.27. The minimum absolute atomic E-state index is 0.0236. The Morgan fingerprint density at radius 3 is 2.80 bits per heavy atom. The number of halogens is 1. The summed E-state index contributed by atoms with van der Waals surface area (Å²) in [6.45, 7) is 0. The first kappa shape index (κ1) is 18.5. The van der Waals surface area contributed by atoms with E-state index in [4.69, 9.17) is 0 Å². The fourth-order valence-corrected chi connectivity index (χ4v) is 4.30. The SMILES string of the molecule is CNC(=O)[C@H]1CC[C@H](n2c(=O)[nH]c3cnc(-n4cnc5ccc(F)cc54)nc32)CC1. The van der Waals surface area contributed by atoms with Crippen molar-refractivity contribution in [3.8, 4) is 5.95 Å². The summed E-state index contributed by atoms with van der Waals surface area (Å²) < 4.78 is 17.0. The second-order valence-corrected chi connectivity index (χ2v) is 7.57. The van der Waals surface area contributed by atoms with E-state index in [1.807, 2.05) is 0 Å². The van der Waals surface area contributed by atoms with Crippen molar-refractivity contribution in [1.29, 1.82) is 0 Å². The molecule has 0 spiro atoms. The first-order chi connectivity index (χ1) is 14.5. The van der Waals surface area contributed by atoms with E-state index in [2.05, 4.69) is 25.3 Å². The number of hydrogen-bond donors (Lipinski definition) is 2. The molecule has 0 unspecified atom stereocenters. The van der Waals surface area contributed by atoms with Crippen LogP contribution in [0.3, 0.4) is 0 Å². The maximum atomic E-state index is 13.7. The van der Waals surface area contributed by atoms with Crippen LogP contribution in [0, 0.1) is 11.7 Å². The minimum atomic E-state index is -0.378. The fourth-order valence-electron chi connectivity index (χ4n) is 4.30. The number of nitrogens with one attached hydrogen (secondary N) is 2. The monoisotopic (exact) mass is 409 g/mol. The Morgan fingerprint density at radius 2 is 2.03 bits per heavy atom. The number of amides is 1. The van der Waals surface area contributed by atoms with Crippen LogP contribution in [0.2, 0.25) is 0 Å². The molecular weight excluding hydrogens is 389 g/mol. The molecule has 1 aromatic carbocycles. The van der Waals surface area contributed by atoms with Gasteiger partial charge in [0.2, 0.25) is 11.9 Å². The molecule has 0 atom stereocenters. The number of imidazole rings is 2. The van der Waals surface area contributed by atoms with Crippen LogP contribution in [0.4, 0.5) is 4.39 Å². The molecule has 0 bridgehead atoms. The lowest BCUT2D eigenvalue weighted by molar-refractivity contribution is -0.125.